The van der Waals surface area contributed by atoms with E-state index in [-0.39, 0.29) is 4.47 Å². The summed E-state index contributed by atoms with van der Waals surface area (Å²) in [5.74, 6) is -1.09. The molecule has 1 aromatic rings. The summed E-state index contributed by atoms with van der Waals surface area (Å²) >= 11 is 2.88. The largest absolute Gasteiger partial charge is 0.420 e. The van der Waals surface area contributed by atoms with Gasteiger partial charge in [0.2, 0.25) is 5.91 Å². The number of carbonyl (C=O) groups excluding carboxylic acids is 1. The van der Waals surface area contributed by atoms with Crippen molar-refractivity contribution in [2.75, 3.05) is 5.32 Å². The lowest BCUT2D eigenvalue weighted by Crippen LogP contribution is -2.15. The number of nitrogens with one attached hydrogen (secondary N) is 1. The molecule has 0 saturated carbocycles. The molecule has 0 aliphatic heterocycles. The quantitative estimate of drug-likeness (QED) is 0.861. The molecule has 1 aromatic heterocycles. The van der Waals surface area contributed by atoms with Crippen molar-refractivity contribution in [1.82, 2.24) is 4.98 Å². The second kappa shape index (κ2) is 4.18. The molecular weight excluding hydrogens is 277 g/mol. The van der Waals surface area contributed by atoms with Crippen LogP contribution in [0.25, 0.3) is 0 Å². The van der Waals surface area contributed by atoms with Gasteiger partial charge in [0.15, 0.2) is 0 Å². The lowest BCUT2D eigenvalue weighted by Gasteiger charge is -2.11. The second-order valence-corrected chi connectivity index (χ2v) is 3.64. The van der Waals surface area contributed by atoms with Gasteiger partial charge in [-0.1, -0.05) is 0 Å². The summed E-state index contributed by atoms with van der Waals surface area (Å²) in [7, 11) is 0. The number of pyridine rings is 1. The number of hydrogen-bond acceptors (Lipinski definition) is 2. The Hall–Kier alpha value is -1.11. The predicted octanol–water partition coefficient (Wildman–Crippen LogP) is 2.82. The van der Waals surface area contributed by atoms with Crippen LogP contribution in [0, 0.1) is 0 Å². The van der Waals surface area contributed by atoms with Gasteiger partial charge in [-0.25, -0.2) is 4.98 Å². The van der Waals surface area contributed by atoms with Crippen LogP contribution in [0.5, 0.6) is 0 Å². The molecule has 0 fully saturated rings. The summed E-state index contributed by atoms with van der Waals surface area (Å²) in [5.41, 5.74) is -0.980. The zero-order chi connectivity index (χ0) is 11.6. The second-order valence-electron chi connectivity index (χ2n) is 2.73. The molecule has 0 aliphatic rings. The fourth-order valence-electron chi connectivity index (χ4n) is 0.922. The van der Waals surface area contributed by atoms with Crippen molar-refractivity contribution in [1.29, 1.82) is 0 Å². The number of anilines is 1. The van der Waals surface area contributed by atoms with Crippen LogP contribution < -0.4 is 5.32 Å². The van der Waals surface area contributed by atoms with Gasteiger partial charge in [0.1, 0.15) is 5.82 Å². The average molecular weight is 283 g/mol. The number of nitrogens with zero attached hydrogens (tertiary/aromatic N) is 1. The van der Waals surface area contributed by atoms with Crippen LogP contribution in [-0.4, -0.2) is 10.9 Å². The number of hydrogen-bond donors (Lipinski definition) is 1. The van der Waals surface area contributed by atoms with Gasteiger partial charge in [0.05, 0.1) is 5.56 Å². The third-order valence-corrected chi connectivity index (χ3v) is 1.89. The molecule has 0 atom stereocenters. The van der Waals surface area contributed by atoms with Crippen LogP contribution in [0.4, 0.5) is 19.0 Å². The lowest BCUT2D eigenvalue weighted by atomic mass is 10.2. The molecule has 1 N–H and O–H groups in total. The maximum absolute atomic E-state index is 12.5. The zero-order valence-corrected chi connectivity index (χ0v) is 9.11. The Bertz CT molecular complexity index is 392. The molecule has 0 radical (unpaired) electrons. The van der Waals surface area contributed by atoms with E-state index < -0.39 is 23.5 Å². The molecule has 1 rings (SSSR count). The fraction of sp³-hybridized carbons (Fsp3) is 0.250. The number of rotatable bonds is 1. The number of amides is 1. The summed E-state index contributed by atoms with van der Waals surface area (Å²) < 4.78 is 37.6. The molecule has 0 saturated heterocycles. The zero-order valence-electron chi connectivity index (χ0n) is 7.52. The first-order chi connectivity index (χ1) is 6.80. The van der Waals surface area contributed by atoms with Crippen molar-refractivity contribution in [2.45, 2.75) is 13.1 Å². The van der Waals surface area contributed by atoms with Gasteiger partial charge in [-0.05, 0) is 22.0 Å². The molecule has 3 nitrogen and oxygen atoms in total. The molecule has 82 valence electrons. The SMILES string of the molecule is CC(=O)Nc1ncc(Br)cc1C(F)(F)F. The Labute approximate surface area is 91.8 Å². The van der Waals surface area contributed by atoms with Gasteiger partial charge in [0.25, 0.3) is 0 Å². The molecule has 0 aliphatic carbocycles. The van der Waals surface area contributed by atoms with Crippen LogP contribution in [0.2, 0.25) is 0 Å². The Balaban J connectivity index is 3.20. The van der Waals surface area contributed by atoms with Gasteiger partial charge >= 0.3 is 6.18 Å². The van der Waals surface area contributed by atoms with Crippen molar-refractivity contribution < 1.29 is 18.0 Å². The standard InChI is InChI=1S/C8H6BrF3N2O/c1-4(15)14-7-6(8(10,11)12)2-5(9)3-13-7/h2-3H,1H3,(H,13,14,15). The highest BCUT2D eigenvalue weighted by molar-refractivity contribution is 9.10. The summed E-state index contributed by atoms with van der Waals surface area (Å²) in [6, 6.07) is 0.859. The van der Waals surface area contributed by atoms with E-state index in [9.17, 15) is 18.0 Å². The highest BCUT2D eigenvalue weighted by atomic mass is 79.9. The van der Waals surface area contributed by atoms with E-state index in [2.05, 4.69) is 20.9 Å². The third kappa shape index (κ3) is 3.19. The highest BCUT2D eigenvalue weighted by Gasteiger charge is 2.34. The lowest BCUT2D eigenvalue weighted by molar-refractivity contribution is -0.137. The number of aromatic nitrogens is 1. The fourth-order valence-corrected chi connectivity index (χ4v) is 1.25. The first kappa shape index (κ1) is 12.0. The van der Waals surface area contributed by atoms with E-state index in [1.807, 2.05) is 5.32 Å². The topological polar surface area (TPSA) is 42.0 Å². The number of alkyl halides is 3. The Morgan fingerprint density at radius 2 is 2.13 bits per heavy atom. The molecule has 0 aromatic carbocycles. The molecular formula is C8H6BrF3N2O. The van der Waals surface area contributed by atoms with Crippen LogP contribution in [0.15, 0.2) is 16.7 Å². The Morgan fingerprint density at radius 3 is 2.60 bits per heavy atom. The van der Waals surface area contributed by atoms with Crippen LogP contribution in [0.1, 0.15) is 12.5 Å². The normalized spacial score (nSPS) is 11.3. The molecule has 7 heteroatoms. The van der Waals surface area contributed by atoms with Crippen molar-refractivity contribution in [3.8, 4) is 0 Å². The van der Waals surface area contributed by atoms with Gasteiger partial charge in [-0.15, -0.1) is 0 Å². The smallest absolute Gasteiger partial charge is 0.310 e. The summed E-state index contributed by atoms with van der Waals surface area (Å²) in [5, 5.41) is 2.02. The van der Waals surface area contributed by atoms with E-state index in [1.54, 1.807) is 0 Å². The molecule has 1 amide bonds. The van der Waals surface area contributed by atoms with Crippen molar-refractivity contribution in [3.05, 3.63) is 22.3 Å². The van der Waals surface area contributed by atoms with E-state index >= 15 is 0 Å². The minimum Gasteiger partial charge on any atom is -0.310 e. The van der Waals surface area contributed by atoms with Crippen molar-refractivity contribution in [3.63, 3.8) is 0 Å². The molecule has 0 bridgehead atoms. The van der Waals surface area contributed by atoms with Crippen LogP contribution in [0.3, 0.4) is 0 Å². The Morgan fingerprint density at radius 1 is 1.53 bits per heavy atom. The van der Waals surface area contributed by atoms with Gasteiger partial charge < -0.3 is 5.32 Å². The first-order valence-corrected chi connectivity index (χ1v) is 4.60. The minimum absolute atomic E-state index is 0.198. The van der Waals surface area contributed by atoms with E-state index in [0.29, 0.717) is 0 Å². The van der Waals surface area contributed by atoms with E-state index in [0.717, 1.165) is 13.0 Å². The summed E-state index contributed by atoms with van der Waals surface area (Å²) in [4.78, 5) is 14.1. The Kier molecular flexibility index (Phi) is 3.33. The van der Waals surface area contributed by atoms with Crippen LogP contribution in [-0.2, 0) is 11.0 Å². The molecule has 1 heterocycles. The molecule has 0 spiro atoms. The van der Waals surface area contributed by atoms with Gasteiger partial charge in [0, 0.05) is 17.6 Å². The maximum atomic E-state index is 12.5. The highest BCUT2D eigenvalue weighted by Crippen LogP contribution is 2.35. The van der Waals surface area contributed by atoms with Gasteiger partial charge in [-0.2, -0.15) is 13.2 Å². The van der Waals surface area contributed by atoms with Crippen LogP contribution >= 0.6 is 15.9 Å². The third-order valence-electron chi connectivity index (χ3n) is 1.45. The molecule has 15 heavy (non-hydrogen) atoms. The summed E-state index contributed by atoms with van der Waals surface area (Å²) in [6.45, 7) is 1.11. The van der Waals surface area contributed by atoms with Gasteiger partial charge in [-0.3, -0.25) is 4.79 Å². The maximum Gasteiger partial charge on any atom is 0.420 e. The minimum atomic E-state index is -4.55. The number of carbonyl (C=O) groups is 1. The number of halogens is 4. The summed E-state index contributed by atoms with van der Waals surface area (Å²) in [6.07, 6.45) is -3.37. The van der Waals surface area contributed by atoms with E-state index in [1.165, 1.54) is 6.20 Å². The van der Waals surface area contributed by atoms with Crippen molar-refractivity contribution in [2.24, 2.45) is 0 Å². The first-order valence-electron chi connectivity index (χ1n) is 3.81. The van der Waals surface area contributed by atoms with Crippen molar-refractivity contribution >= 4 is 27.7 Å². The monoisotopic (exact) mass is 282 g/mol. The molecule has 0 unspecified atom stereocenters. The van der Waals surface area contributed by atoms with E-state index in [4.69, 9.17) is 0 Å². The average Bonchev–Trinajstić information content (AvgIpc) is 2.05. The predicted molar refractivity (Wildman–Crippen MR) is 51.2 cm³/mol.